The van der Waals surface area contributed by atoms with Gasteiger partial charge in [0.1, 0.15) is 5.82 Å². The highest BCUT2D eigenvalue weighted by Crippen LogP contribution is 2.16. The summed E-state index contributed by atoms with van der Waals surface area (Å²) < 4.78 is 1.83. The second kappa shape index (κ2) is 5.73. The fourth-order valence-electron chi connectivity index (χ4n) is 2.20. The van der Waals surface area contributed by atoms with E-state index in [1.165, 1.54) is 0 Å². The number of hydrogen-bond donors (Lipinski definition) is 2. The molecule has 0 aliphatic carbocycles. The van der Waals surface area contributed by atoms with Gasteiger partial charge in [-0.05, 0) is 12.8 Å². The predicted octanol–water partition coefficient (Wildman–Crippen LogP) is 0.426. The Morgan fingerprint density at radius 3 is 3.00 bits per heavy atom. The lowest BCUT2D eigenvalue weighted by Gasteiger charge is -2.30. The number of carbonyl (C=O) groups excluding carboxylic acids is 1. The number of nitrogens with zero attached hydrogens (tertiary/aromatic N) is 3. The molecule has 1 aromatic rings. The lowest BCUT2D eigenvalue weighted by atomic mass is 9.99. The van der Waals surface area contributed by atoms with Crippen LogP contribution in [-0.2, 0) is 18.4 Å². The number of nitrogens with one attached hydrogen (secondary N) is 1. The van der Waals surface area contributed by atoms with Gasteiger partial charge in [-0.1, -0.05) is 0 Å². The SMILES string of the molecule is Cn1ccnc1CNC(=O)N1CCC[C@H](C(=O)O)C1. The van der Waals surface area contributed by atoms with Gasteiger partial charge in [0.15, 0.2) is 0 Å². The molecule has 0 spiro atoms. The average Bonchev–Trinajstić information content (AvgIpc) is 2.81. The van der Waals surface area contributed by atoms with E-state index in [4.69, 9.17) is 5.11 Å². The molecule has 0 radical (unpaired) electrons. The molecule has 0 aromatic carbocycles. The third-order valence-electron chi connectivity index (χ3n) is 3.38. The first-order valence-electron chi connectivity index (χ1n) is 6.29. The van der Waals surface area contributed by atoms with Crippen LogP contribution >= 0.6 is 0 Å². The zero-order valence-corrected chi connectivity index (χ0v) is 10.9. The van der Waals surface area contributed by atoms with Gasteiger partial charge in [0, 0.05) is 32.5 Å². The number of aromatic nitrogens is 2. The maximum absolute atomic E-state index is 12.0. The quantitative estimate of drug-likeness (QED) is 0.830. The first-order chi connectivity index (χ1) is 9.08. The Bertz CT molecular complexity index is 471. The predicted molar refractivity (Wildman–Crippen MR) is 67.4 cm³/mol. The molecular formula is C12H18N4O3. The van der Waals surface area contributed by atoms with Crippen LogP contribution in [0.15, 0.2) is 12.4 Å². The van der Waals surface area contributed by atoms with E-state index in [-0.39, 0.29) is 12.6 Å². The van der Waals surface area contributed by atoms with E-state index in [9.17, 15) is 9.59 Å². The molecule has 1 atom stereocenters. The standard InChI is InChI=1S/C12H18N4O3/c1-15-6-4-13-10(15)7-14-12(19)16-5-2-3-9(8-16)11(17)18/h4,6,9H,2-3,5,7-8H2,1H3,(H,14,19)(H,17,18)/t9-/m0/s1. The topological polar surface area (TPSA) is 87.5 Å². The number of piperidine rings is 1. The van der Waals surface area contributed by atoms with E-state index in [0.717, 1.165) is 12.2 Å². The maximum atomic E-state index is 12.0. The number of carbonyl (C=O) groups is 2. The molecule has 2 rings (SSSR count). The van der Waals surface area contributed by atoms with Gasteiger partial charge < -0.3 is 19.9 Å². The van der Waals surface area contributed by atoms with Gasteiger partial charge in [0.05, 0.1) is 12.5 Å². The Balaban J connectivity index is 1.86. The monoisotopic (exact) mass is 266 g/mol. The van der Waals surface area contributed by atoms with Crippen molar-refractivity contribution in [2.45, 2.75) is 19.4 Å². The summed E-state index contributed by atoms with van der Waals surface area (Å²) in [6.07, 6.45) is 4.84. The van der Waals surface area contributed by atoms with Crippen molar-refractivity contribution in [3.8, 4) is 0 Å². The lowest BCUT2D eigenvalue weighted by molar-refractivity contribution is -0.143. The van der Waals surface area contributed by atoms with E-state index in [0.29, 0.717) is 19.5 Å². The Kier molecular flexibility index (Phi) is 4.03. The summed E-state index contributed by atoms with van der Waals surface area (Å²) in [5.74, 6) is -0.519. The van der Waals surface area contributed by atoms with E-state index in [2.05, 4.69) is 10.3 Å². The Morgan fingerprint density at radius 1 is 1.58 bits per heavy atom. The Hall–Kier alpha value is -2.05. The summed E-state index contributed by atoms with van der Waals surface area (Å²) in [5, 5.41) is 11.7. The van der Waals surface area contributed by atoms with Crippen LogP contribution in [0.2, 0.25) is 0 Å². The number of imidazole rings is 1. The number of urea groups is 1. The molecule has 7 nitrogen and oxygen atoms in total. The van der Waals surface area contributed by atoms with E-state index in [1.54, 1.807) is 11.1 Å². The molecule has 2 N–H and O–H groups in total. The second-order valence-corrected chi connectivity index (χ2v) is 4.74. The number of amides is 2. The van der Waals surface area contributed by atoms with Crippen molar-refractivity contribution in [3.63, 3.8) is 0 Å². The largest absolute Gasteiger partial charge is 0.481 e. The van der Waals surface area contributed by atoms with Gasteiger partial charge in [0.2, 0.25) is 0 Å². The summed E-state index contributed by atoms with van der Waals surface area (Å²) in [6.45, 7) is 1.23. The molecule has 0 unspecified atom stereocenters. The van der Waals surface area contributed by atoms with Crippen molar-refractivity contribution in [2.24, 2.45) is 13.0 Å². The highest BCUT2D eigenvalue weighted by atomic mass is 16.4. The van der Waals surface area contributed by atoms with Crippen LogP contribution in [0.4, 0.5) is 4.79 Å². The maximum Gasteiger partial charge on any atom is 0.317 e. The summed E-state index contributed by atoms with van der Waals surface area (Å²) >= 11 is 0. The zero-order chi connectivity index (χ0) is 13.8. The van der Waals surface area contributed by atoms with Crippen molar-refractivity contribution in [2.75, 3.05) is 13.1 Å². The minimum absolute atomic E-state index is 0.228. The van der Waals surface area contributed by atoms with Crippen LogP contribution in [0, 0.1) is 5.92 Å². The summed E-state index contributed by atoms with van der Waals surface area (Å²) in [6, 6.07) is -0.228. The fourth-order valence-corrected chi connectivity index (χ4v) is 2.20. The molecule has 2 amide bonds. The van der Waals surface area contributed by atoms with E-state index >= 15 is 0 Å². The van der Waals surface area contributed by atoms with Crippen LogP contribution < -0.4 is 5.32 Å². The van der Waals surface area contributed by atoms with Gasteiger partial charge in [-0.3, -0.25) is 4.79 Å². The molecule has 0 saturated carbocycles. The van der Waals surface area contributed by atoms with Gasteiger partial charge in [-0.15, -0.1) is 0 Å². The van der Waals surface area contributed by atoms with Crippen LogP contribution in [0.5, 0.6) is 0 Å². The second-order valence-electron chi connectivity index (χ2n) is 4.74. The van der Waals surface area contributed by atoms with Gasteiger partial charge in [-0.25, -0.2) is 9.78 Å². The fraction of sp³-hybridized carbons (Fsp3) is 0.583. The molecule has 104 valence electrons. The number of carboxylic acid groups (broad SMARTS) is 1. The lowest BCUT2D eigenvalue weighted by Crippen LogP contribution is -2.47. The van der Waals surface area contributed by atoms with Gasteiger partial charge >= 0.3 is 12.0 Å². The summed E-state index contributed by atoms with van der Waals surface area (Å²) in [5.41, 5.74) is 0. The van der Waals surface area contributed by atoms with Crippen molar-refractivity contribution >= 4 is 12.0 Å². The van der Waals surface area contributed by atoms with Crippen molar-refractivity contribution in [1.82, 2.24) is 19.8 Å². The molecule has 1 aliphatic rings. The van der Waals surface area contributed by atoms with Gasteiger partial charge in [-0.2, -0.15) is 0 Å². The molecule has 7 heteroatoms. The summed E-state index contributed by atoms with van der Waals surface area (Å²) in [4.78, 5) is 28.6. The first kappa shape index (κ1) is 13.4. The number of aryl methyl sites for hydroxylation is 1. The third kappa shape index (κ3) is 3.24. The number of hydrogen-bond acceptors (Lipinski definition) is 3. The van der Waals surface area contributed by atoms with Crippen LogP contribution in [-0.4, -0.2) is 44.6 Å². The van der Waals surface area contributed by atoms with Crippen LogP contribution in [0.3, 0.4) is 0 Å². The highest BCUT2D eigenvalue weighted by Gasteiger charge is 2.27. The average molecular weight is 266 g/mol. The minimum Gasteiger partial charge on any atom is -0.481 e. The zero-order valence-electron chi connectivity index (χ0n) is 10.9. The molecule has 1 aliphatic heterocycles. The first-order valence-corrected chi connectivity index (χ1v) is 6.29. The van der Waals surface area contributed by atoms with E-state index in [1.807, 2.05) is 17.8 Å². The molecule has 19 heavy (non-hydrogen) atoms. The van der Waals surface area contributed by atoms with Crippen molar-refractivity contribution < 1.29 is 14.7 Å². The Morgan fingerprint density at radius 2 is 2.37 bits per heavy atom. The normalized spacial score (nSPS) is 19.2. The Labute approximate surface area is 111 Å². The molecular weight excluding hydrogens is 248 g/mol. The molecule has 0 bridgehead atoms. The number of rotatable bonds is 3. The molecule has 1 fully saturated rings. The summed E-state index contributed by atoms with van der Waals surface area (Å²) in [7, 11) is 1.86. The van der Waals surface area contributed by atoms with Crippen molar-refractivity contribution in [1.29, 1.82) is 0 Å². The minimum atomic E-state index is -0.832. The molecule has 1 saturated heterocycles. The smallest absolute Gasteiger partial charge is 0.317 e. The van der Waals surface area contributed by atoms with Crippen LogP contribution in [0.1, 0.15) is 18.7 Å². The molecule has 2 heterocycles. The number of likely N-dealkylation sites (tertiary alicyclic amines) is 1. The number of aliphatic carboxylic acids is 1. The third-order valence-corrected chi connectivity index (χ3v) is 3.38. The highest BCUT2D eigenvalue weighted by molar-refractivity contribution is 5.76. The number of carboxylic acids is 1. The van der Waals surface area contributed by atoms with Gasteiger partial charge in [0.25, 0.3) is 0 Å². The van der Waals surface area contributed by atoms with E-state index < -0.39 is 11.9 Å². The van der Waals surface area contributed by atoms with Crippen molar-refractivity contribution in [3.05, 3.63) is 18.2 Å². The molecule has 1 aromatic heterocycles. The van der Waals surface area contributed by atoms with Crippen LogP contribution in [0.25, 0.3) is 0 Å².